The lowest BCUT2D eigenvalue weighted by atomic mass is 9.99. The van der Waals surface area contributed by atoms with Crippen LogP contribution in [0.25, 0.3) is 0 Å². The number of fused-ring (bicyclic) bond motifs is 5. The van der Waals surface area contributed by atoms with E-state index in [-0.39, 0.29) is 55.2 Å². The Morgan fingerprint density at radius 2 is 1.80 bits per heavy atom. The van der Waals surface area contributed by atoms with Crippen LogP contribution in [0.4, 0.5) is 11.4 Å². The number of carbonyl (C=O) groups excluding carboxylic acids is 2. The fourth-order valence-corrected chi connectivity index (χ4v) is 7.03. The molecule has 1 aromatic carbocycles. The molecule has 6 atom stereocenters. The molecule has 2 bridgehead atoms. The molecule has 6 aliphatic heterocycles. The number of allylic oxidation sites excluding steroid dienone is 1. The van der Waals surface area contributed by atoms with Crippen molar-refractivity contribution in [3.8, 4) is 0 Å². The maximum Gasteiger partial charge on any atom is 0.249 e. The van der Waals surface area contributed by atoms with Gasteiger partial charge >= 0.3 is 0 Å². The maximum atomic E-state index is 13.7. The minimum atomic E-state index is -0.202. The van der Waals surface area contributed by atoms with Crippen molar-refractivity contribution >= 4 is 23.2 Å². The number of nitrogens with one attached hydrogen (secondary N) is 5. The van der Waals surface area contributed by atoms with Gasteiger partial charge in [0.05, 0.1) is 30.9 Å². The highest BCUT2D eigenvalue weighted by Crippen LogP contribution is 2.33. The average Bonchev–Trinajstić information content (AvgIpc) is 3.26. The molecule has 1 aromatic rings. The van der Waals surface area contributed by atoms with Crippen molar-refractivity contribution in [1.82, 2.24) is 36.2 Å². The van der Waals surface area contributed by atoms with Crippen LogP contribution in [0.3, 0.4) is 0 Å². The van der Waals surface area contributed by atoms with Gasteiger partial charge in [0.15, 0.2) is 0 Å². The molecule has 0 saturated carbocycles. The number of carbonyl (C=O) groups is 2. The molecule has 0 aliphatic carbocycles. The Hall–Kier alpha value is -2.74. The number of hydrogen-bond acceptors (Lipinski definition) is 10. The Bertz CT molecular complexity index is 1110. The topological polar surface area (TPSA) is 116 Å². The first-order valence-corrected chi connectivity index (χ1v) is 14.9. The van der Waals surface area contributed by atoms with Gasteiger partial charge in [-0.15, -0.1) is 0 Å². The smallest absolute Gasteiger partial charge is 0.249 e. The van der Waals surface area contributed by atoms with Gasteiger partial charge in [0.2, 0.25) is 11.8 Å². The molecular weight excluding hydrogens is 510 g/mol. The molecule has 5 saturated heterocycles. The highest BCUT2D eigenvalue weighted by Gasteiger charge is 2.53. The summed E-state index contributed by atoms with van der Waals surface area (Å²) in [7, 11) is 0. The molecule has 0 spiro atoms. The lowest BCUT2D eigenvalue weighted by molar-refractivity contribution is -0.176. The molecule has 6 aliphatic rings. The van der Waals surface area contributed by atoms with Gasteiger partial charge in [-0.05, 0) is 49.9 Å². The Morgan fingerprint density at radius 3 is 2.65 bits per heavy atom. The summed E-state index contributed by atoms with van der Waals surface area (Å²) in [5.74, 6) is -0.0382. The van der Waals surface area contributed by atoms with E-state index >= 15 is 0 Å². The summed E-state index contributed by atoms with van der Waals surface area (Å²) in [6.45, 7) is 6.06. The van der Waals surface area contributed by atoms with Gasteiger partial charge in [0, 0.05) is 50.6 Å². The molecule has 6 heterocycles. The monoisotopic (exact) mass is 551 g/mol. The van der Waals surface area contributed by atoms with Crippen LogP contribution in [0.2, 0.25) is 0 Å². The van der Waals surface area contributed by atoms with E-state index in [4.69, 9.17) is 4.74 Å². The van der Waals surface area contributed by atoms with Crippen molar-refractivity contribution in [3.63, 3.8) is 0 Å². The Kier molecular flexibility index (Phi) is 7.37. The second kappa shape index (κ2) is 11.3. The SMILES string of the molecule is O=C1COC2CCC3NC2N1CCC/C=C\CN1C(=O)C2CNC(Nc4ccc(N5CCNCC5)cc4)NC2N31. The number of benzene rings is 1. The summed E-state index contributed by atoms with van der Waals surface area (Å²) in [5.41, 5.74) is 2.26. The van der Waals surface area contributed by atoms with Gasteiger partial charge in [0.25, 0.3) is 0 Å². The van der Waals surface area contributed by atoms with Gasteiger partial charge in [-0.3, -0.25) is 30.5 Å². The predicted octanol–water partition coefficient (Wildman–Crippen LogP) is -0.401. The zero-order valence-corrected chi connectivity index (χ0v) is 22.9. The molecule has 0 radical (unpaired) electrons. The number of morpholine rings is 1. The summed E-state index contributed by atoms with van der Waals surface area (Å²) < 4.78 is 5.93. The first kappa shape index (κ1) is 26.2. The number of anilines is 2. The molecule has 216 valence electrons. The minimum absolute atomic E-state index is 0.0189. The average molecular weight is 552 g/mol. The second-order valence-corrected chi connectivity index (χ2v) is 11.5. The van der Waals surface area contributed by atoms with Crippen LogP contribution in [0.5, 0.6) is 0 Å². The van der Waals surface area contributed by atoms with Crippen LogP contribution in [0.15, 0.2) is 36.4 Å². The number of piperazine rings is 1. The highest BCUT2D eigenvalue weighted by molar-refractivity contribution is 5.82. The minimum Gasteiger partial charge on any atom is -0.369 e. The number of nitrogens with zero attached hydrogens (tertiary/aromatic N) is 4. The first-order chi connectivity index (χ1) is 19.7. The number of ether oxygens (including phenoxy) is 1. The molecule has 7 rings (SSSR count). The lowest BCUT2D eigenvalue weighted by Crippen LogP contribution is -2.72. The second-order valence-electron chi connectivity index (χ2n) is 11.5. The quantitative estimate of drug-likeness (QED) is 0.318. The third-order valence-electron chi connectivity index (χ3n) is 9.11. The van der Waals surface area contributed by atoms with Crippen LogP contribution in [0.1, 0.15) is 25.7 Å². The first-order valence-electron chi connectivity index (χ1n) is 14.9. The third-order valence-corrected chi connectivity index (χ3v) is 9.11. The van der Waals surface area contributed by atoms with Gasteiger partial charge in [-0.25, -0.2) is 0 Å². The number of hydrazine groups is 1. The Labute approximate surface area is 235 Å². The summed E-state index contributed by atoms with van der Waals surface area (Å²) >= 11 is 0. The van der Waals surface area contributed by atoms with Crippen molar-refractivity contribution in [2.45, 2.75) is 56.6 Å². The molecule has 12 nitrogen and oxygen atoms in total. The molecule has 12 heteroatoms. The number of amides is 2. The Morgan fingerprint density at radius 1 is 0.950 bits per heavy atom. The van der Waals surface area contributed by atoms with Crippen LogP contribution in [-0.4, -0.2) is 110 Å². The molecular formula is C28H41N9O3. The Balaban J connectivity index is 1.09. The van der Waals surface area contributed by atoms with E-state index in [1.54, 1.807) is 0 Å². The number of piperidine rings is 1. The normalized spacial score (nSPS) is 35.9. The van der Waals surface area contributed by atoms with E-state index in [0.717, 1.165) is 57.5 Å². The fraction of sp³-hybridized carbons (Fsp3) is 0.643. The highest BCUT2D eigenvalue weighted by atomic mass is 16.5. The van der Waals surface area contributed by atoms with Crippen molar-refractivity contribution in [3.05, 3.63) is 36.4 Å². The lowest BCUT2D eigenvalue weighted by Gasteiger charge is -2.50. The van der Waals surface area contributed by atoms with Crippen molar-refractivity contribution in [2.75, 3.05) is 62.6 Å². The molecule has 0 aromatic heterocycles. The van der Waals surface area contributed by atoms with E-state index in [1.807, 2.05) is 9.91 Å². The third kappa shape index (κ3) is 4.97. The number of hydrogen-bond donors (Lipinski definition) is 5. The van der Waals surface area contributed by atoms with Gasteiger partial charge in [0.1, 0.15) is 19.1 Å². The van der Waals surface area contributed by atoms with Gasteiger partial charge < -0.3 is 25.2 Å². The van der Waals surface area contributed by atoms with E-state index in [9.17, 15) is 9.59 Å². The molecule has 40 heavy (non-hydrogen) atoms. The predicted molar refractivity (Wildman–Crippen MR) is 151 cm³/mol. The number of rotatable bonds is 3. The van der Waals surface area contributed by atoms with E-state index < -0.39 is 0 Å². The van der Waals surface area contributed by atoms with Crippen molar-refractivity contribution < 1.29 is 14.3 Å². The fourth-order valence-electron chi connectivity index (χ4n) is 7.03. The maximum absolute atomic E-state index is 13.7. The van der Waals surface area contributed by atoms with Crippen LogP contribution in [0, 0.1) is 5.92 Å². The molecule has 5 N–H and O–H groups in total. The standard InChI is InChI=1S/C28H41N9O3/c38-24-18-40-22-9-10-23-32-26(22)35(24)13-3-1-2-4-14-36-27(39)21-17-30-28(33-25(21)37(23)36)31-19-5-7-20(8-6-19)34-15-11-29-12-16-34/h2,4-8,21-23,25-26,28-33H,1,3,9-18H2/b4-2-. The van der Waals surface area contributed by atoms with Crippen molar-refractivity contribution in [2.24, 2.45) is 5.92 Å². The summed E-state index contributed by atoms with van der Waals surface area (Å²) in [5, 5.41) is 22.0. The zero-order valence-electron chi connectivity index (χ0n) is 22.9. The van der Waals surface area contributed by atoms with Crippen LogP contribution >= 0.6 is 0 Å². The summed E-state index contributed by atoms with van der Waals surface area (Å²) in [6.07, 6.45) is 7.03. The van der Waals surface area contributed by atoms with Crippen LogP contribution in [-0.2, 0) is 14.3 Å². The molecule has 6 unspecified atom stereocenters. The van der Waals surface area contributed by atoms with Gasteiger partial charge in [-0.2, -0.15) is 5.01 Å². The largest absolute Gasteiger partial charge is 0.369 e. The molecule has 5 fully saturated rings. The molecule has 2 amide bonds. The van der Waals surface area contributed by atoms with Crippen LogP contribution < -0.4 is 31.5 Å². The van der Waals surface area contributed by atoms with E-state index in [2.05, 4.69) is 72.9 Å². The van der Waals surface area contributed by atoms with Gasteiger partial charge in [-0.1, -0.05) is 12.2 Å². The zero-order chi connectivity index (χ0) is 27.1. The van der Waals surface area contributed by atoms with Crippen molar-refractivity contribution in [1.29, 1.82) is 0 Å². The summed E-state index contributed by atoms with van der Waals surface area (Å²) in [4.78, 5) is 30.8. The van der Waals surface area contributed by atoms with E-state index in [1.165, 1.54) is 5.69 Å². The summed E-state index contributed by atoms with van der Waals surface area (Å²) in [6, 6.07) is 8.59. The van der Waals surface area contributed by atoms with E-state index in [0.29, 0.717) is 19.6 Å².